The number of rotatable bonds is 0. The van der Waals surface area contributed by atoms with E-state index in [2.05, 4.69) is 36.1 Å². The van der Waals surface area contributed by atoms with Gasteiger partial charge in [-0.05, 0) is 15.9 Å². The molecule has 54 valence electrons. The van der Waals surface area contributed by atoms with E-state index >= 15 is 0 Å². The maximum absolute atomic E-state index is 10.8. The number of hydrogen-bond acceptors (Lipinski definition) is 4. The number of carbonyl (C=O) groups excluding carboxylic acids is 1. The highest BCUT2D eigenvalue weighted by Crippen LogP contribution is 2.24. The van der Waals surface area contributed by atoms with Crippen LogP contribution in [0.2, 0.25) is 0 Å². The molecule has 1 aromatic rings. The first kappa shape index (κ1) is 6.53. The Morgan fingerprint density at radius 3 is 3.00 bits per heavy atom. The van der Waals surface area contributed by atoms with Gasteiger partial charge in [0.25, 0.3) is 0 Å². The molecule has 11 heavy (non-hydrogen) atoms. The molecule has 0 fully saturated rings. The summed E-state index contributed by atoms with van der Waals surface area (Å²) < 4.78 is 0.372. The summed E-state index contributed by atoms with van der Waals surface area (Å²) in [6.45, 7) is 0. The Morgan fingerprint density at radius 1 is 1.36 bits per heavy atom. The van der Waals surface area contributed by atoms with Gasteiger partial charge in [0.15, 0.2) is 10.4 Å². The molecule has 1 amide bonds. The molecule has 0 N–H and O–H groups in total. The fraction of sp³-hybridized carbons (Fsp3) is 0. The molecule has 1 aliphatic heterocycles. The predicted octanol–water partition coefficient (Wildman–Crippen LogP) is 1.48. The maximum Gasteiger partial charge on any atom is 0.316 e. The van der Waals surface area contributed by atoms with Crippen molar-refractivity contribution in [2.75, 3.05) is 0 Å². The number of carbonyl (C=O) groups is 1. The standard InChI is InChI=1S/C5HBrN4O/c6-5-7-1-2-3(8-5)4(11)10-9-2/h1H. The molecular weight excluding hydrogens is 212 g/mol. The van der Waals surface area contributed by atoms with Crippen LogP contribution in [0.4, 0.5) is 5.69 Å². The van der Waals surface area contributed by atoms with Crippen LogP contribution < -0.4 is 0 Å². The largest absolute Gasteiger partial charge is 0.316 e. The third kappa shape index (κ3) is 0.949. The van der Waals surface area contributed by atoms with Gasteiger partial charge in [-0.15, -0.1) is 10.2 Å². The molecule has 0 saturated carbocycles. The molecule has 0 aliphatic carbocycles. The summed E-state index contributed by atoms with van der Waals surface area (Å²) in [5.74, 6) is -0.414. The van der Waals surface area contributed by atoms with Crippen molar-refractivity contribution in [1.82, 2.24) is 9.97 Å². The average molecular weight is 213 g/mol. The Morgan fingerprint density at radius 2 is 2.18 bits per heavy atom. The van der Waals surface area contributed by atoms with Crippen molar-refractivity contribution in [3.63, 3.8) is 0 Å². The first-order valence-electron chi connectivity index (χ1n) is 2.76. The number of hydrogen-bond donors (Lipinski definition) is 0. The molecule has 0 unspecified atom stereocenters. The Hall–Kier alpha value is -1.17. The lowest BCUT2D eigenvalue weighted by Crippen LogP contribution is -1.95. The second-order valence-corrected chi connectivity index (χ2v) is 2.59. The molecule has 0 radical (unpaired) electrons. The lowest BCUT2D eigenvalue weighted by molar-refractivity contribution is 0.0998. The minimum absolute atomic E-state index is 0.256. The highest BCUT2D eigenvalue weighted by atomic mass is 79.9. The third-order valence-electron chi connectivity index (χ3n) is 1.19. The van der Waals surface area contributed by atoms with Gasteiger partial charge in [-0.25, -0.2) is 9.97 Å². The van der Waals surface area contributed by atoms with Crippen LogP contribution in [-0.2, 0) is 0 Å². The lowest BCUT2D eigenvalue weighted by atomic mass is 10.4. The monoisotopic (exact) mass is 212 g/mol. The number of fused-ring (bicyclic) bond motifs is 1. The second kappa shape index (κ2) is 2.16. The van der Waals surface area contributed by atoms with Gasteiger partial charge in [0.2, 0.25) is 0 Å². The first-order valence-corrected chi connectivity index (χ1v) is 3.55. The van der Waals surface area contributed by atoms with Gasteiger partial charge in [-0.2, -0.15) is 0 Å². The zero-order valence-corrected chi connectivity index (χ0v) is 6.74. The minimum Gasteiger partial charge on any atom is -0.263 e. The zero-order valence-electron chi connectivity index (χ0n) is 5.15. The maximum atomic E-state index is 10.8. The van der Waals surface area contributed by atoms with Gasteiger partial charge in [0.1, 0.15) is 5.69 Å². The number of nitrogens with zero attached hydrogens (tertiary/aromatic N) is 4. The van der Waals surface area contributed by atoms with E-state index in [0.717, 1.165) is 0 Å². The second-order valence-electron chi connectivity index (χ2n) is 1.88. The van der Waals surface area contributed by atoms with Gasteiger partial charge >= 0.3 is 5.91 Å². The highest BCUT2D eigenvalue weighted by molar-refractivity contribution is 9.10. The summed E-state index contributed by atoms with van der Waals surface area (Å²) in [6, 6.07) is 0. The van der Waals surface area contributed by atoms with Crippen molar-refractivity contribution in [2.45, 2.75) is 0 Å². The van der Waals surface area contributed by atoms with Crippen LogP contribution in [0.3, 0.4) is 0 Å². The summed E-state index contributed by atoms with van der Waals surface area (Å²) in [6.07, 6.45) is 1.45. The van der Waals surface area contributed by atoms with Gasteiger partial charge in [0.05, 0.1) is 6.20 Å². The van der Waals surface area contributed by atoms with Crippen molar-refractivity contribution >= 4 is 27.5 Å². The normalized spacial score (nSPS) is 13.7. The predicted molar refractivity (Wildman–Crippen MR) is 38.6 cm³/mol. The average Bonchev–Trinajstić information content (AvgIpc) is 2.33. The molecule has 1 aliphatic rings. The van der Waals surface area contributed by atoms with Crippen molar-refractivity contribution < 1.29 is 4.79 Å². The van der Waals surface area contributed by atoms with Crippen molar-refractivity contribution in [3.8, 4) is 0 Å². The SMILES string of the molecule is O=C1N=Nc2cnc(Br)nc21. The van der Waals surface area contributed by atoms with Gasteiger partial charge in [-0.1, -0.05) is 0 Å². The van der Waals surface area contributed by atoms with Crippen LogP contribution in [0.15, 0.2) is 21.2 Å². The van der Waals surface area contributed by atoms with Gasteiger partial charge < -0.3 is 0 Å². The number of aromatic nitrogens is 2. The van der Waals surface area contributed by atoms with Crippen LogP contribution in [0.1, 0.15) is 10.5 Å². The fourth-order valence-electron chi connectivity index (χ4n) is 0.731. The first-order chi connectivity index (χ1) is 5.27. The molecule has 2 rings (SSSR count). The molecule has 0 aromatic carbocycles. The summed E-state index contributed by atoms with van der Waals surface area (Å²) in [7, 11) is 0. The summed E-state index contributed by atoms with van der Waals surface area (Å²) in [4.78, 5) is 18.4. The zero-order chi connectivity index (χ0) is 7.84. The van der Waals surface area contributed by atoms with Crippen molar-refractivity contribution in [3.05, 3.63) is 16.6 Å². The quantitative estimate of drug-likeness (QED) is 0.612. The van der Waals surface area contributed by atoms with Crippen LogP contribution in [0.5, 0.6) is 0 Å². The molecular formula is C5HBrN4O. The highest BCUT2D eigenvalue weighted by Gasteiger charge is 2.19. The Labute approximate surface area is 69.7 Å². The summed E-state index contributed by atoms with van der Waals surface area (Å²) in [5.41, 5.74) is 0.685. The van der Waals surface area contributed by atoms with E-state index < -0.39 is 5.91 Å². The van der Waals surface area contributed by atoms with Crippen molar-refractivity contribution in [1.29, 1.82) is 0 Å². The van der Waals surface area contributed by atoms with Crippen LogP contribution >= 0.6 is 15.9 Å². The Balaban J connectivity index is 2.67. The molecule has 0 spiro atoms. The van der Waals surface area contributed by atoms with E-state index in [0.29, 0.717) is 10.4 Å². The molecule has 0 saturated heterocycles. The number of halogens is 1. The van der Waals surface area contributed by atoms with Gasteiger partial charge in [0, 0.05) is 0 Å². The van der Waals surface area contributed by atoms with E-state index in [1.165, 1.54) is 6.20 Å². The number of amides is 1. The molecule has 6 heteroatoms. The van der Waals surface area contributed by atoms with E-state index in [4.69, 9.17) is 0 Å². The summed E-state index contributed by atoms with van der Waals surface area (Å²) in [5, 5.41) is 6.86. The lowest BCUT2D eigenvalue weighted by Gasteiger charge is -1.90. The third-order valence-corrected chi connectivity index (χ3v) is 1.57. The van der Waals surface area contributed by atoms with E-state index in [9.17, 15) is 4.79 Å². The topological polar surface area (TPSA) is 67.6 Å². The fourth-order valence-corrected chi connectivity index (χ4v) is 1.01. The van der Waals surface area contributed by atoms with Crippen molar-refractivity contribution in [2.24, 2.45) is 10.2 Å². The van der Waals surface area contributed by atoms with E-state index in [1.807, 2.05) is 0 Å². The van der Waals surface area contributed by atoms with Crippen LogP contribution in [-0.4, -0.2) is 15.9 Å². The van der Waals surface area contributed by atoms with E-state index in [-0.39, 0.29) is 5.69 Å². The van der Waals surface area contributed by atoms with Crippen LogP contribution in [0.25, 0.3) is 0 Å². The molecule has 0 bridgehead atoms. The molecule has 0 atom stereocenters. The Kier molecular flexibility index (Phi) is 1.28. The molecule has 2 heterocycles. The summed E-state index contributed by atoms with van der Waals surface area (Å²) >= 11 is 3.03. The number of azo groups is 1. The minimum atomic E-state index is -0.414. The molecule has 5 nitrogen and oxygen atoms in total. The molecule has 1 aromatic heterocycles. The van der Waals surface area contributed by atoms with Crippen LogP contribution in [0, 0.1) is 0 Å². The van der Waals surface area contributed by atoms with Gasteiger partial charge in [-0.3, -0.25) is 4.79 Å². The Bertz CT molecular complexity index is 362. The van der Waals surface area contributed by atoms with E-state index in [1.54, 1.807) is 0 Å². The smallest absolute Gasteiger partial charge is 0.263 e.